The molecule has 5 aromatic heterocycles. The van der Waals surface area contributed by atoms with Crippen molar-refractivity contribution in [2.75, 3.05) is 54.6 Å². The first kappa shape index (κ1) is 41.8. The van der Waals surface area contributed by atoms with E-state index >= 15 is 0 Å². The molecule has 6 N–H and O–H groups in total. The molecule has 2 fully saturated rings. The second kappa shape index (κ2) is 17.5. The highest BCUT2D eigenvalue weighted by molar-refractivity contribution is 5.97. The molecule has 0 amide bonds. The lowest BCUT2D eigenvalue weighted by Crippen LogP contribution is -2.48. The molecule has 2 saturated heterocycles. The first-order valence-corrected chi connectivity index (χ1v) is 19.7. The number of rotatable bonds is 8. The lowest BCUT2D eigenvalue weighted by atomic mass is 9.83. The van der Waals surface area contributed by atoms with E-state index < -0.39 is 0 Å². The number of nitrogen functional groups attached to an aromatic ring is 2. The second-order valence-corrected chi connectivity index (χ2v) is 16.2. The predicted molar refractivity (Wildman–Crippen MR) is 234 cm³/mol. The topological polar surface area (TPSA) is 220 Å². The number of aromatic nitrogens is 8. The Balaban J connectivity index is 0.000000187. The van der Waals surface area contributed by atoms with Crippen molar-refractivity contribution < 1.29 is 14.2 Å². The van der Waals surface area contributed by atoms with Gasteiger partial charge in [0.15, 0.2) is 22.7 Å². The third-order valence-electron chi connectivity index (χ3n) is 11.0. The number of ether oxygens (including phenoxy) is 3. The Kier molecular flexibility index (Phi) is 12.2. The molecule has 17 nitrogen and oxygen atoms in total. The Bertz CT molecular complexity index is 2460. The predicted octanol–water partition coefficient (Wildman–Crippen LogP) is 5.81. The van der Waals surface area contributed by atoms with Crippen molar-refractivity contribution in [1.82, 2.24) is 39.7 Å². The van der Waals surface area contributed by atoms with Gasteiger partial charge in [-0.15, -0.1) is 17.5 Å². The second-order valence-electron chi connectivity index (χ2n) is 16.2. The van der Waals surface area contributed by atoms with Crippen molar-refractivity contribution in [2.24, 2.45) is 16.1 Å². The summed E-state index contributed by atoms with van der Waals surface area (Å²) >= 11 is 0. The maximum atomic E-state index is 6.20. The summed E-state index contributed by atoms with van der Waals surface area (Å²) in [6.45, 7) is 11.4. The van der Waals surface area contributed by atoms with Crippen molar-refractivity contribution in [3.63, 3.8) is 0 Å². The van der Waals surface area contributed by atoms with Gasteiger partial charge in [-0.1, -0.05) is 26.0 Å². The van der Waals surface area contributed by atoms with Gasteiger partial charge in [0.2, 0.25) is 5.90 Å². The molecule has 0 unspecified atom stereocenters. The van der Waals surface area contributed by atoms with Crippen LogP contribution in [0.2, 0.25) is 0 Å². The smallest absolute Gasteiger partial charge is 0.267 e. The Labute approximate surface area is 354 Å². The van der Waals surface area contributed by atoms with E-state index in [4.69, 9.17) is 51.5 Å². The molecular weight excluding hydrogens is 784 g/mol. The van der Waals surface area contributed by atoms with Crippen molar-refractivity contribution in [3.8, 4) is 23.1 Å². The molecule has 0 spiro atoms. The Morgan fingerprint density at radius 1 is 0.733 bits per heavy atom. The first-order chi connectivity index (χ1) is 28.4. The summed E-state index contributed by atoms with van der Waals surface area (Å²) in [5.41, 5.74) is 23.2. The maximum absolute atomic E-state index is 6.20. The molecule has 9 rings (SSSR count). The molecule has 0 atom stereocenters. The van der Waals surface area contributed by atoms with E-state index in [-0.39, 0.29) is 17.9 Å². The molecule has 3 aliphatic heterocycles. The van der Waals surface area contributed by atoms with E-state index in [1.165, 1.54) is 0 Å². The summed E-state index contributed by atoms with van der Waals surface area (Å²) in [6, 6.07) is 11.3. The highest BCUT2D eigenvalue weighted by Gasteiger charge is 2.30. The summed E-state index contributed by atoms with van der Waals surface area (Å²) in [7, 11) is 1.66. The van der Waals surface area contributed by atoms with Gasteiger partial charge in [-0.3, -0.25) is 9.97 Å². The number of pyridine rings is 2. The largest absolute Gasteiger partial charge is 0.497 e. The van der Waals surface area contributed by atoms with Gasteiger partial charge in [-0.2, -0.15) is 0 Å². The number of aliphatic imine (C=N–C) groups is 1. The van der Waals surface area contributed by atoms with Crippen LogP contribution in [-0.4, -0.2) is 84.4 Å². The molecule has 3 aliphatic rings. The monoisotopic (exact) mass is 834 g/mol. The number of fused-ring (bicyclic) bond motifs is 2. The van der Waals surface area contributed by atoms with Crippen LogP contribution >= 0.6 is 12.4 Å². The van der Waals surface area contributed by atoms with Crippen LogP contribution in [0.3, 0.4) is 0 Å². The van der Waals surface area contributed by atoms with E-state index in [1.54, 1.807) is 56.4 Å². The van der Waals surface area contributed by atoms with E-state index in [0.29, 0.717) is 70.0 Å². The number of nitrogens with two attached hydrogens (primary N) is 3. The highest BCUT2D eigenvalue weighted by Crippen LogP contribution is 2.34. The Hall–Kier alpha value is -6.33. The lowest BCUT2D eigenvalue weighted by Gasteiger charge is -2.37. The fourth-order valence-corrected chi connectivity index (χ4v) is 7.05. The van der Waals surface area contributed by atoms with E-state index in [9.17, 15) is 0 Å². The quantitative estimate of drug-likeness (QED) is 0.165. The molecule has 60 heavy (non-hydrogen) atoms. The van der Waals surface area contributed by atoms with Gasteiger partial charge < -0.3 is 41.2 Å². The minimum absolute atomic E-state index is 0. The van der Waals surface area contributed by atoms with Crippen molar-refractivity contribution in [1.29, 1.82) is 0 Å². The summed E-state index contributed by atoms with van der Waals surface area (Å²) < 4.78 is 18.9. The molecule has 0 aliphatic carbocycles. The number of piperidine rings is 2. The van der Waals surface area contributed by atoms with Crippen LogP contribution < -0.4 is 41.2 Å². The fraction of sp³-hybridized carbons (Fsp3) is 0.381. The molecular formula is C42H51ClN14O3. The van der Waals surface area contributed by atoms with E-state index in [0.717, 1.165) is 80.5 Å². The third kappa shape index (κ3) is 9.42. The average molecular weight is 835 g/mol. The van der Waals surface area contributed by atoms with E-state index in [2.05, 4.69) is 50.5 Å². The summed E-state index contributed by atoms with van der Waals surface area (Å²) in [4.78, 5) is 36.0. The van der Waals surface area contributed by atoms with Crippen LogP contribution in [0.25, 0.3) is 11.2 Å². The van der Waals surface area contributed by atoms with Gasteiger partial charge in [0, 0.05) is 44.1 Å². The molecule has 8 heterocycles. The number of halogens is 1. The zero-order valence-electron chi connectivity index (χ0n) is 34.3. The fourth-order valence-electron chi connectivity index (χ4n) is 7.05. The van der Waals surface area contributed by atoms with Crippen LogP contribution in [-0.2, 0) is 13.1 Å². The Morgan fingerprint density at radius 3 is 1.97 bits per heavy atom. The number of anilines is 4. The van der Waals surface area contributed by atoms with Crippen LogP contribution in [0.4, 0.5) is 23.0 Å². The van der Waals surface area contributed by atoms with Crippen LogP contribution in [0.1, 0.15) is 63.4 Å². The van der Waals surface area contributed by atoms with Crippen LogP contribution in [0, 0.1) is 5.41 Å². The van der Waals surface area contributed by atoms with Crippen molar-refractivity contribution in [3.05, 3.63) is 90.5 Å². The normalized spacial score (nSPS) is 16.5. The third-order valence-corrected chi connectivity index (χ3v) is 11.0. The number of hydrogen-bond donors (Lipinski definition) is 3. The zero-order valence-corrected chi connectivity index (χ0v) is 35.1. The maximum Gasteiger partial charge on any atom is 0.267 e. The van der Waals surface area contributed by atoms with Gasteiger partial charge in [0.25, 0.3) is 5.88 Å². The Morgan fingerprint density at radius 2 is 1.33 bits per heavy atom. The van der Waals surface area contributed by atoms with Crippen LogP contribution in [0.15, 0.2) is 78.6 Å². The minimum atomic E-state index is -0.0889. The SMILES string of the molecule is CC1(N)CCN(c2cnc3c(n2)CN=C3Oc2cnccc2N)CC1.COc1ccc(Cn2nc(Oc3cnccc3N)c3ncc(N4CCC(C)(C)CC4)nc32)cc1.Cl. The van der Waals surface area contributed by atoms with Gasteiger partial charge in [-0.05, 0) is 67.9 Å². The average Bonchev–Trinajstić information content (AvgIpc) is 3.79. The number of nitrogens with zero attached hydrogens (tertiary/aromatic N) is 11. The lowest BCUT2D eigenvalue weighted by molar-refractivity contribution is 0.279. The first-order valence-electron chi connectivity index (χ1n) is 19.7. The van der Waals surface area contributed by atoms with Gasteiger partial charge in [0.05, 0.1) is 62.1 Å². The molecule has 18 heteroatoms. The number of benzene rings is 1. The summed E-state index contributed by atoms with van der Waals surface area (Å²) in [6.07, 6.45) is 14.1. The number of hydrogen-bond acceptors (Lipinski definition) is 16. The summed E-state index contributed by atoms with van der Waals surface area (Å²) in [5, 5.41) is 4.71. The highest BCUT2D eigenvalue weighted by atomic mass is 35.5. The van der Waals surface area contributed by atoms with Crippen molar-refractivity contribution >= 4 is 52.5 Å². The molecule has 0 saturated carbocycles. The molecule has 314 valence electrons. The molecule has 0 bridgehead atoms. The van der Waals surface area contributed by atoms with Crippen molar-refractivity contribution in [2.45, 2.75) is 65.1 Å². The number of methoxy groups -OCH3 is 1. The minimum Gasteiger partial charge on any atom is -0.497 e. The van der Waals surface area contributed by atoms with Crippen LogP contribution in [0.5, 0.6) is 23.1 Å². The molecule has 0 radical (unpaired) electrons. The molecule has 6 aromatic rings. The summed E-state index contributed by atoms with van der Waals surface area (Å²) in [5.74, 6) is 4.21. The molecule has 1 aromatic carbocycles. The standard InChI is InChI=1S/C25H29N7O2.C17H21N7O.ClH/c1-25(2)9-12-31(13-10-25)21-15-28-22-23(29-21)32(16-17-4-6-18(33-3)7-5-17)30-24(22)34-20-14-27-11-8-19(20)26;1-17(19)3-6-24(7-4-17)14-10-21-15-12(23-14)8-22-16(15)25-13-9-20-5-2-11(13)18;/h4-8,11,14-15H,9-10,12-13,16H2,1-3H3,(H2,26,27);2,5,9-10H,3-4,6-8,19H2,1H3,(H2,18,20);1H. The van der Waals surface area contributed by atoms with Gasteiger partial charge >= 0.3 is 0 Å². The van der Waals surface area contributed by atoms with Gasteiger partial charge in [-0.25, -0.2) is 29.6 Å². The van der Waals surface area contributed by atoms with Gasteiger partial charge in [0.1, 0.15) is 23.1 Å². The zero-order chi connectivity index (χ0) is 41.1. The van der Waals surface area contributed by atoms with E-state index in [1.807, 2.05) is 28.9 Å².